The first-order valence-electron chi connectivity index (χ1n) is 9.79. The summed E-state index contributed by atoms with van der Waals surface area (Å²) in [6.45, 7) is 3.93. The van der Waals surface area contributed by atoms with Gasteiger partial charge in [-0.15, -0.1) is 0 Å². The van der Waals surface area contributed by atoms with Crippen LogP contribution in [0.4, 0.5) is 11.4 Å². The molecular weight excluding hydrogens is 404 g/mol. The van der Waals surface area contributed by atoms with Crippen LogP contribution in [-0.4, -0.2) is 21.6 Å². The standard InChI is InChI=1S/C22H23ClN4O3/c1-3-4-7-12-27-22(30)17-9-6-5-8-16(17)20(26-27)21(29)25-19-11-10-15(13-18(19)23)24-14(2)28/h5-6,8-11,13H,3-4,7,12H2,1-2H3,(H,24,28)(H,25,29). The zero-order valence-corrected chi connectivity index (χ0v) is 17.6. The van der Waals surface area contributed by atoms with Gasteiger partial charge in [-0.1, -0.05) is 49.6 Å². The molecule has 0 aliphatic rings. The van der Waals surface area contributed by atoms with Crippen LogP contribution >= 0.6 is 11.6 Å². The molecule has 1 heterocycles. The molecule has 2 aromatic carbocycles. The number of carbonyl (C=O) groups excluding carboxylic acids is 2. The molecule has 0 aliphatic carbocycles. The lowest BCUT2D eigenvalue weighted by Crippen LogP contribution is -2.27. The van der Waals surface area contributed by atoms with Crippen LogP contribution in [0.25, 0.3) is 10.8 Å². The molecule has 0 fully saturated rings. The van der Waals surface area contributed by atoms with Crippen molar-refractivity contribution in [3.05, 3.63) is 63.5 Å². The second-order valence-corrected chi connectivity index (χ2v) is 7.37. The second kappa shape index (κ2) is 9.54. The molecule has 0 unspecified atom stereocenters. The third-order valence-electron chi connectivity index (χ3n) is 4.59. The van der Waals surface area contributed by atoms with Crippen LogP contribution in [0.1, 0.15) is 43.6 Å². The lowest BCUT2D eigenvalue weighted by atomic mass is 10.1. The van der Waals surface area contributed by atoms with Crippen molar-refractivity contribution < 1.29 is 9.59 Å². The van der Waals surface area contributed by atoms with Gasteiger partial charge in [0.1, 0.15) is 0 Å². The fourth-order valence-electron chi connectivity index (χ4n) is 3.14. The molecule has 0 saturated carbocycles. The molecule has 0 radical (unpaired) electrons. The molecule has 3 aromatic rings. The fraction of sp³-hybridized carbons (Fsp3) is 0.273. The van der Waals surface area contributed by atoms with Crippen molar-refractivity contribution in [3.63, 3.8) is 0 Å². The zero-order valence-electron chi connectivity index (χ0n) is 16.9. The summed E-state index contributed by atoms with van der Waals surface area (Å²) < 4.78 is 1.36. The van der Waals surface area contributed by atoms with Crippen molar-refractivity contribution in [3.8, 4) is 0 Å². The molecule has 8 heteroatoms. The molecule has 0 aliphatic heterocycles. The normalized spacial score (nSPS) is 10.8. The second-order valence-electron chi connectivity index (χ2n) is 6.96. The van der Waals surface area contributed by atoms with Gasteiger partial charge in [0.2, 0.25) is 5.91 Å². The first-order chi connectivity index (χ1) is 14.4. The third kappa shape index (κ3) is 4.86. The lowest BCUT2D eigenvalue weighted by molar-refractivity contribution is -0.114. The minimum atomic E-state index is -0.468. The lowest BCUT2D eigenvalue weighted by Gasteiger charge is -2.12. The molecule has 2 N–H and O–H groups in total. The summed E-state index contributed by atoms with van der Waals surface area (Å²) in [5, 5.41) is 10.9. The highest BCUT2D eigenvalue weighted by Crippen LogP contribution is 2.26. The number of amides is 2. The Labute approximate surface area is 179 Å². The number of aromatic nitrogens is 2. The van der Waals surface area contributed by atoms with E-state index in [1.54, 1.807) is 42.5 Å². The monoisotopic (exact) mass is 426 g/mol. The molecule has 7 nitrogen and oxygen atoms in total. The van der Waals surface area contributed by atoms with Gasteiger partial charge in [0.15, 0.2) is 5.69 Å². The van der Waals surface area contributed by atoms with Crippen LogP contribution in [0.5, 0.6) is 0 Å². The van der Waals surface area contributed by atoms with E-state index in [1.165, 1.54) is 11.6 Å². The molecule has 0 saturated heterocycles. The molecule has 0 atom stereocenters. The average Bonchev–Trinajstić information content (AvgIpc) is 2.71. The highest BCUT2D eigenvalue weighted by molar-refractivity contribution is 6.34. The van der Waals surface area contributed by atoms with Gasteiger partial charge in [-0.25, -0.2) is 4.68 Å². The van der Waals surface area contributed by atoms with Crippen LogP contribution in [0.2, 0.25) is 5.02 Å². The highest BCUT2D eigenvalue weighted by atomic mass is 35.5. The summed E-state index contributed by atoms with van der Waals surface area (Å²) in [5.74, 6) is -0.687. The minimum absolute atomic E-state index is 0.156. The van der Waals surface area contributed by atoms with Crippen LogP contribution in [0, 0.1) is 0 Å². The Morgan fingerprint density at radius 1 is 1.07 bits per heavy atom. The van der Waals surface area contributed by atoms with E-state index in [1.807, 2.05) is 0 Å². The van der Waals surface area contributed by atoms with E-state index >= 15 is 0 Å². The number of hydrogen-bond acceptors (Lipinski definition) is 4. The number of fused-ring (bicyclic) bond motifs is 1. The number of halogens is 1. The Bertz CT molecular complexity index is 1160. The number of nitrogens with one attached hydrogen (secondary N) is 2. The SMILES string of the molecule is CCCCCn1nc(C(=O)Nc2ccc(NC(C)=O)cc2Cl)c2ccccc2c1=O. The first kappa shape index (κ1) is 21.5. The van der Waals surface area contributed by atoms with E-state index in [-0.39, 0.29) is 22.2 Å². The van der Waals surface area contributed by atoms with Gasteiger partial charge in [-0.3, -0.25) is 14.4 Å². The largest absolute Gasteiger partial charge is 0.326 e. The molecule has 0 bridgehead atoms. The number of rotatable bonds is 7. The molecular formula is C22H23ClN4O3. The number of unbranched alkanes of at least 4 members (excludes halogenated alkanes) is 2. The molecule has 1 aromatic heterocycles. The van der Waals surface area contributed by atoms with E-state index in [0.29, 0.717) is 28.7 Å². The highest BCUT2D eigenvalue weighted by Gasteiger charge is 2.18. The summed E-state index contributed by atoms with van der Waals surface area (Å²) in [7, 11) is 0. The maximum atomic E-state index is 13.0. The molecule has 3 rings (SSSR count). The fourth-order valence-corrected chi connectivity index (χ4v) is 3.37. The van der Waals surface area contributed by atoms with Gasteiger partial charge in [0.25, 0.3) is 11.5 Å². The Balaban J connectivity index is 1.95. The van der Waals surface area contributed by atoms with Gasteiger partial charge < -0.3 is 10.6 Å². The van der Waals surface area contributed by atoms with E-state index in [2.05, 4.69) is 22.7 Å². The van der Waals surface area contributed by atoms with Gasteiger partial charge in [0, 0.05) is 24.5 Å². The minimum Gasteiger partial charge on any atom is -0.326 e. The summed E-state index contributed by atoms with van der Waals surface area (Å²) in [4.78, 5) is 37.0. The van der Waals surface area contributed by atoms with Crippen molar-refractivity contribution in [2.45, 2.75) is 39.7 Å². The number of hydrogen-bond donors (Lipinski definition) is 2. The number of aryl methyl sites for hydroxylation is 1. The number of anilines is 2. The zero-order chi connectivity index (χ0) is 21.7. The first-order valence-corrected chi connectivity index (χ1v) is 10.2. The topological polar surface area (TPSA) is 93.1 Å². The molecule has 2 amide bonds. The average molecular weight is 427 g/mol. The van der Waals surface area contributed by atoms with Crippen molar-refractivity contribution in [2.24, 2.45) is 0 Å². The van der Waals surface area contributed by atoms with Crippen LogP contribution in [0.15, 0.2) is 47.3 Å². The van der Waals surface area contributed by atoms with Gasteiger partial charge in [-0.05, 0) is 30.7 Å². The van der Waals surface area contributed by atoms with Gasteiger partial charge in [-0.2, -0.15) is 5.10 Å². The number of nitrogens with zero attached hydrogens (tertiary/aromatic N) is 2. The van der Waals surface area contributed by atoms with Crippen molar-refractivity contribution in [1.29, 1.82) is 0 Å². The Kier molecular flexibility index (Phi) is 6.84. The smallest absolute Gasteiger partial charge is 0.276 e. The van der Waals surface area contributed by atoms with Crippen molar-refractivity contribution >= 4 is 45.6 Å². The molecule has 156 valence electrons. The summed E-state index contributed by atoms with van der Waals surface area (Å²) >= 11 is 6.26. The van der Waals surface area contributed by atoms with Gasteiger partial charge in [0.05, 0.1) is 16.1 Å². The number of benzene rings is 2. The summed E-state index contributed by atoms with van der Waals surface area (Å²) in [6.07, 6.45) is 2.79. The maximum Gasteiger partial charge on any atom is 0.276 e. The Hall–Kier alpha value is -3.19. The van der Waals surface area contributed by atoms with Crippen LogP contribution in [0.3, 0.4) is 0 Å². The molecule has 0 spiro atoms. The van der Waals surface area contributed by atoms with Crippen LogP contribution in [-0.2, 0) is 11.3 Å². The Morgan fingerprint density at radius 2 is 1.80 bits per heavy atom. The predicted octanol–water partition coefficient (Wildman–Crippen LogP) is 4.45. The quantitative estimate of drug-likeness (QED) is 0.546. The summed E-state index contributed by atoms with van der Waals surface area (Å²) in [6, 6.07) is 11.7. The maximum absolute atomic E-state index is 13.0. The van der Waals surface area contributed by atoms with Crippen molar-refractivity contribution in [1.82, 2.24) is 9.78 Å². The predicted molar refractivity (Wildman–Crippen MR) is 119 cm³/mol. The van der Waals surface area contributed by atoms with Crippen LogP contribution < -0.4 is 16.2 Å². The van der Waals surface area contributed by atoms with E-state index in [4.69, 9.17) is 11.6 Å². The number of carbonyl (C=O) groups is 2. The van der Waals surface area contributed by atoms with E-state index in [9.17, 15) is 14.4 Å². The van der Waals surface area contributed by atoms with E-state index < -0.39 is 5.91 Å². The summed E-state index contributed by atoms with van der Waals surface area (Å²) in [5.41, 5.74) is 0.851. The molecule has 30 heavy (non-hydrogen) atoms. The third-order valence-corrected chi connectivity index (χ3v) is 4.91. The van der Waals surface area contributed by atoms with E-state index in [0.717, 1.165) is 19.3 Å². The van der Waals surface area contributed by atoms with Crippen molar-refractivity contribution in [2.75, 3.05) is 10.6 Å². The van der Waals surface area contributed by atoms with Gasteiger partial charge >= 0.3 is 0 Å². The Morgan fingerprint density at radius 3 is 2.47 bits per heavy atom.